The van der Waals surface area contributed by atoms with E-state index in [0.29, 0.717) is 32.8 Å². The molecule has 7 rings (SSSR count). The summed E-state index contributed by atoms with van der Waals surface area (Å²) in [6.07, 6.45) is 9.58. The fourth-order valence-electron chi connectivity index (χ4n) is 8.61. The van der Waals surface area contributed by atoms with Gasteiger partial charge in [-0.05, 0) is 115 Å². The molecule has 5 fully saturated rings. The van der Waals surface area contributed by atoms with Gasteiger partial charge in [-0.1, -0.05) is 0 Å². The van der Waals surface area contributed by atoms with E-state index in [0.717, 1.165) is 56.1 Å². The number of carbonyl (C=O) groups is 3. The fourth-order valence-corrected chi connectivity index (χ4v) is 9.36. The number of carbonyl (C=O) groups excluding carboxylic acids is 3. The average molecular weight is 693 g/mol. The van der Waals surface area contributed by atoms with Gasteiger partial charge in [0.25, 0.3) is 0 Å². The van der Waals surface area contributed by atoms with E-state index in [4.69, 9.17) is 9.47 Å². The second-order valence-electron chi connectivity index (χ2n) is 13.3. The number of nitrogens with zero attached hydrogens (tertiary/aromatic N) is 1. The highest BCUT2D eigenvalue weighted by molar-refractivity contribution is 14.1. The first-order valence-electron chi connectivity index (χ1n) is 15.3. The molecule has 0 heterocycles. The van der Waals surface area contributed by atoms with Gasteiger partial charge in [0.2, 0.25) is 11.8 Å². The number of methoxy groups -OCH3 is 1. The lowest BCUT2D eigenvalue weighted by atomic mass is 9.49. The molecular weight excluding hydrogens is 651 g/mol. The smallest absolute Gasteiger partial charge is 0.247 e. The van der Waals surface area contributed by atoms with Gasteiger partial charge in [-0.3, -0.25) is 14.4 Å². The second kappa shape index (κ2) is 12.1. The first-order chi connectivity index (χ1) is 20.2. The lowest BCUT2D eigenvalue weighted by Crippen LogP contribution is -2.60. The lowest BCUT2D eigenvalue weighted by Gasteiger charge is -2.58. The van der Waals surface area contributed by atoms with Crippen LogP contribution in [-0.4, -0.2) is 78.3 Å². The highest BCUT2D eigenvalue weighted by atomic mass is 127. The molecular formula is C32H41IN2O7. The first-order valence-corrected chi connectivity index (χ1v) is 16.4. The maximum atomic E-state index is 14.0. The van der Waals surface area contributed by atoms with Crippen molar-refractivity contribution < 1.29 is 34.1 Å². The van der Waals surface area contributed by atoms with Crippen LogP contribution in [-0.2, 0) is 9.59 Å². The monoisotopic (exact) mass is 692 g/mol. The minimum absolute atomic E-state index is 0.0278. The normalized spacial score (nSPS) is 33.1. The summed E-state index contributed by atoms with van der Waals surface area (Å²) in [5.41, 5.74) is 0.919. The number of aliphatic hydroxyl groups is 2. The summed E-state index contributed by atoms with van der Waals surface area (Å²) in [7, 11) is 1.48. The highest BCUT2D eigenvalue weighted by Gasteiger charge is 2.54. The summed E-state index contributed by atoms with van der Waals surface area (Å²) in [4.78, 5) is 40.6. The van der Waals surface area contributed by atoms with Crippen molar-refractivity contribution in [1.82, 2.24) is 10.2 Å². The van der Waals surface area contributed by atoms with Gasteiger partial charge in [0.15, 0.2) is 11.5 Å². The molecule has 228 valence electrons. The SMILES string of the molecule is COc1cc(C=O)cc(I)c1O[C@H]1C=C(C(=O)NCCO)C[C@@H](N(CC23CC4CC(CC(C4)C2)C3)C(=O)C2CC2)[C@@H]1O. The number of nitrogens with one attached hydrogen (secondary N) is 1. The standard InChI is InChI=1S/C32H41IN2O7/c1-41-27-10-21(16-37)9-24(33)29(27)42-26-12-23(30(39)34-4-5-36)11-25(28(26)38)35(31(40)22-2-3-22)17-32-13-18-6-19(14-32)8-20(7-18)15-32/h9-10,12,16,18-20,22,25-26,28,36,38H,2-8,11,13-15,17H2,1H3,(H,34,39)/t18?,19?,20?,25-,26+,28+,32?/m1/s1. The molecule has 6 aliphatic carbocycles. The van der Waals surface area contributed by atoms with Gasteiger partial charge in [-0.2, -0.15) is 0 Å². The minimum atomic E-state index is -1.08. The number of aliphatic hydroxyl groups excluding tert-OH is 2. The zero-order chi connectivity index (χ0) is 29.6. The van der Waals surface area contributed by atoms with Crippen LogP contribution in [0.4, 0.5) is 0 Å². The molecule has 0 saturated heterocycles. The Kier molecular flexibility index (Phi) is 8.59. The number of ether oxygens (including phenoxy) is 2. The predicted octanol–water partition coefficient (Wildman–Crippen LogP) is 3.48. The van der Waals surface area contributed by atoms with Gasteiger partial charge in [0.1, 0.15) is 18.5 Å². The zero-order valence-electron chi connectivity index (χ0n) is 24.1. The molecule has 1 aromatic rings. The number of amides is 2. The Bertz CT molecular complexity index is 1230. The van der Waals surface area contributed by atoms with E-state index < -0.39 is 18.2 Å². The molecule has 4 bridgehead atoms. The molecule has 9 nitrogen and oxygen atoms in total. The third kappa shape index (κ3) is 5.95. The van der Waals surface area contributed by atoms with Gasteiger partial charge < -0.3 is 29.9 Å². The van der Waals surface area contributed by atoms with E-state index in [2.05, 4.69) is 27.9 Å². The van der Waals surface area contributed by atoms with E-state index in [1.165, 1.54) is 26.4 Å². The van der Waals surface area contributed by atoms with Crippen LogP contribution in [0.25, 0.3) is 0 Å². The maximum absolute atomic E-state index is 14.0. The number of hydrogen-bond donors (Lipinski definition) is 3. The molecule has 42 heavy (non-hydrogen) atoms. The summed E-state index contributed by atoms with van der Waals surface area (Å²) in [5, 5.41) is 24.0. The Hall–Kier alpha value is -2.18. The molecule has 0 spiro atoms. The number of rotatable bonds is 11. The summed E-state index contributed by atoms with van der Waals surface area (Å²) < 4.78 is 12.5. The summed E-state index contributed by atoms with van der Waals surface area (Å²) >= 11 is 2.06. The number of halogens is 1. The molecule has 6 aliphatic rings. The minimum Gasteiger partial charge on any atom is -0.493 e. The lowest BCUT2D eigenvalue weighted by molar-refractivity contribution is -0.148. The van der Waals surface area contributed by atoms with Gasteiger partial charge in [-0.15, -0.1) is 0 Å². The van der Waals surface area contributed by atoms with Crippen molar-refractivity contribution in [3.8, 4) is 11.5 Å². The van der Waals surface area contributed by atoms with Crippen molar-refractivity contribution >= 4 is 40.7 Å². The molecule has 0 aromatic heterocycles. The average Bonchev–Trinajstić information content (AvgIpc) is 3.81. The predicted molar refractivity (Wildman–Crippen MR) is 163 cm³/mol. The topological polar surface area (TPSA) is 125 Å². The Morgan fingerprint density at radius 2 is 1.81 bits per heavy atom. The van der Waals surface area contributed by atoms with Crippen LogP contribution in [0, 0.1) is 32.7 Å². The van der Waals surface area contributed by atoms with Crippen LogP contribution in [0.2, 0.25) is 0 Å². The quantitative estimate of drug-likeness (QED) is 0.240. The second-order valence-corrected chi connectivity index (χ2v) is 14.5. The van der Waals surface area contributed by atoms with E-state index in [1.807, 2.05) is 4.90 Å². The van der Waals surface area contributed by atoms with Crippen molar-refractivity contribution in [1.29, 1.82) is 0 Å². The van der Waals surface area contributed by atoms with Crippen LogP contribution >= 0.6 is 22.6 Å². The third-order valence-corrected chi connectivity index (χ3v) is 10.9. The van der Waals surface area contributed by atoms with Crippen molar-refractivity contribution in [3.63, 3.8) is 0 Å². The number of hydrogen-bond acceptors (Lipinski definition) is 7. The van der Waals surface area contributed by atoms with Crippen molar-refractivity contribution in [2.24, 2.45) is 29.1 Å². The van der Waals surface area contributed by atoms with Crippen molar-refractivity contribution in [2.45, 2.75) is 76.0 Å². The van der Waals surface area contributed by atoms with Crippen LogP contribution in [0.5, 0.6) is 11.5 Å². The summed E-state index contributed by atoms with van der Waals surface area (Å²) in [6.45, 7) is 0.522. The van der Waals surface area contributed by atoms with Crippen LogP contribution < -0.4 is 14.8 Å². The van der Waals surface area contributed by atoms with E-state index in [1.54, 1.807) is 18.2 Å². The number of aldehydes is 1. The first kappa shape index (κ1) is 29.9. The Balaban J connectivity index is 1.33. The molecule has 0 radical (unpaired) electrons. The van der Waals surface area contributed by atoms with E-state index in [9.17, 15) is 24.6 Å². The van der Waals surface area contributed by atoms with Gasteiger partial charge >= 0.3 is 0 Å². The maximum Gasteiger partial charge on any atom is 0.247 e. The molecule has 0 unspecified atom stereocenters. The molecule has 3 atom stereocenters. The van der Waals surface area contributed by atoms with Crippen molar-refractivity contribution in [3.05, 3.63) is 32.9 Å². The number of benzene rings is 1. The summed E-state index contributed by atoms with van der Waals surface area (Å²) in [5.74, 6) is 2.59. The Labute approximate surface area is 260 Å². The van der Waals surface area contributed by atoms with Crippen molar-refractivity contribution in [2.75, 3.05) is 26.8 Å². The molecule has 10 heteroatoms. The Morgan fingerprint density at radius 3 is 2.38 bits per heavy atom. The summed E-state index contributed by atoms with van der Waals surface area (Å²) in [6, 6.07) is 2.62. The van der Waals surface area contributed by atoms with E-state index >= 15 is 0 Å². The Morgan fingerprint density at radius 1 is 1.14 bits per heavy atom. The third-order valence-electron chi connectivity index (χ3n) is 10.1. The molecule has 0 aliphatic heterocycles. The highest BCUT2D eigenvalue weighted by Crippen LogP contribution is 2.60. The van der Waals surface area contributed by atoms with Gasteiger partial charge in [0, 0.05) is 36.6 Å². The van der Waals surface area contributed by atoms with Crippen LogP contribution in [0.1, 0.15) is 68.1 Å². The van der Waals surface area contributed by atoms with E-state index in [-0.39, 0.29) is 42.7 Å². The van der Waals surface area contributed by atoms with Crippen LogP contribution in [0.15, 0.2) is 23.8 Å². The fraction of sp³-hybridized carbons (Fsp3) is 0.656. The molecule has 1 aromatic carbocycles. The van der Waals surface area contributed by atoms with Gasteiger partial charge in [-0.25, -0.2) is 0 Å². The zero-order valence-corrected chi connectivity index (χ0v) is 26.3. The van der Waals surface area contributed by atoms with Crippen LogP contribution in [0.3, 0.4) is 0 Å². The molecule has 3 N–H and O–H groups in total. The molecule has 5 saturated carbocycles. The molecule has 2 amide bonds. The van der Waals surface area contributed by atoms with Gasteiger partial charge in [0.05, 0.1) is 23.3 Å². The largest absolute Gasteiger partial charge is 0.493 e.